The van der Waals surface area contributed by atoms with Crippen molar-refractivity contribution in [1.29, 1.82) is 0 Å². The highest BCUT2D eigenvalue weighted by molar-refractivity contribution is 6.36. The molecule has 0 aliphatic carbocycles. The molecule has 10 heteroatoms. The number of nitrogen functional groups attached to an aromatic ring is 1. The number of nitrogens with one attached hydrogen (secondary N) is 1. The van der Waals surface area contributed by atoms with E-state index >= 15 is 0 Å². The second kappa shape index (κ2) is 9.09. The Bertz CT molecular complexity index is 1240. The first-order chi connectivity index (χ1) is 16.3. The van der Waals surface area contributed by atoms with Gasteiger partial charge in [-0.2, -0.15) is 0 Å². The zero-order valence-electron chi connectivity index (χ0n) is 18.4. The van der Waals surface area contributed by atoms with Gasteiger partial charge in [0.15, 0.2) is 17.3 Å². The van der Waals surface area contributed by atoms with Crippen LogP contribution in [0, 0.1) is 5.82 Å². The van der Waals surface area contributed by atoms with Crippen LogP contribution in [0.5, 0.6) is 17.4 Å². The van der Waals surface area contributed by atoms with Crippen LogP contribution in [0.15, 0.2) is 36.7 Å². The molecule has 3 aromatic rings. The Morgan fingerprint density at radius 2 is 1.88 bits per heavy atom. The van der Waals surface area contributed by atoms with Gasteiger partial charge >= 0.3 is 0 Å². The van der Waals surface area contributed by atoms with Crippen LogP contribution in [-0.4, -0.2) is 35.3 Å². The lowest BCUT2D eigenvalue weighted by atomic mass is 9.92. The summed E-state index contributed by atoms with van der Waals surface area (Å²) in [5.41, 5.74) is 7.54. The molecule has 7 nitrogen and oxygen atoms in total. The van der Waals surface area contributed by atoms with E-state index in [9.17, 15) is 4.39 Å². The Morgan fingerprint density at radius 3 is 2.68 bits per heavy atom. The number of pyridine rings is 2. The second-order valence-electron chi connectivity index (χ2n) is 8.48. The van der Waals surface area contributed by atoms with Gasteiger partial charge in [-0.15, -0.1) is 0 Å². The third-order valence-electron chi connectivity index (χ3n) is 6.14. The Labute approximate surface area is 206 Å². The van der Waals surface area contributed by atoms with Crippen LogP contribution >= 0.6 is 23.2 Å². The number of anilines is 1. The number of ether oxygens (including phenoxy) is 3. The van der Waals surface area contributed by atoms with Gasteiger partial charge in [0.05, 0.1) is 5.02 Å². The van der Waals surface area contributed by atoms with E-state index in [0.717, 1.165) is 37.1 Å². The smallest absolute Gasteiger partial charge is 0.257 e. The van der Waals surface area contributed by atoms with Gasteiger partial charge in [-0.05, 0) is 44.3 Å². The molecule has 1 spiro atoms. The first-order valence-electron chi connectivity index (χ1n) is 10.9. The number of halogens is 3. The molecule has 1 aromatic carbocycles. The van der Waals surface area contributed by atoms with Crippen molar-refractivity contribution in [3.63, 3.8) is 0 Å². The summed E-state index contributed by atoms with van der Waals surface area (Å²) in [6.45, 7) is 3.96. The molecule has 2 aromatic heterocycles. The second-order valence-corrected chi connectivity index (χ2v) is 9.26. The maximum absolute atomic E-state index is 14.0. The molecular weight excluding hydrogens is 482 g/mol. The van der Waals surface area contributed by atoms with Crippen molar-refractivity contribution in [3.05, 3.63) is 58.1 Å². The number of benzene rings is 1. The number of hydrogen-bond acceptors (Lipinski definition) is 7. The van der Waals surface area contributed by atoms with Gasteiger partial charge in [-0.3, -0.25) is 0 Å². The maximum Gasteiger partial charge on any atom is 0.257 e. The minimum absolute atomic E-state index is 0.0921. The van der Waals surface area contributed by atoms with Gasteiger partial charge in [-0.25, -0.2) is 14.4 Å². The van der Waals surface area contributed by atoms with Gasteiger partial charge in [0.25, 0.3) is 5.88 Å². The number of piperidine rings is 1. The highest BCUT2D eigenvalue weighted by Crippen LogP contribution is 2.41. The lowest BCUT2D eigenvalue weighted by Crippen LogP contribution is -2.52. The van der Waals surface area contributed by atoms with Crippen molar-refractivity contribution in [2.75, 3.05) is 25.4 Å². The molecule has 0 saturated carbocycles. The predicted molar refractivity (Wildman–Crippen MR) is 128 cm³/mol. The summed E-state index contributed by atoms with van der Waals surface area (Å²) in [6, 6.07) is 6.27. The average Bonchev–Trinajstić information content (AvgIpc) is 2.83. The number of rotatable bonds is 4. The minimum Gasteiger partial charge on any atom is -0.482 e. The standard InChI is InChI=1S/C24H23Cl2FN4O3/c1-13(20-16(25)2-3-17(27)21(20)26)33-18-8-14(10-30-22(18)28)15-9-19-23(31-11-15)32-12-24(34-19)4-6-29-7-5-24/h2-3,8-11,13,29H,4-7,12H2,1H3,(H2,28,30)/t13-/m1/s1. The summed E-state index contributed by atoms with van der Waals surface area (Å²) in [5, 5.41) is 3.55. The summed E-state index contributed by atoms with van der Waals surface area (Å²) in [6.07, 6.45) is 4.36. The fourth-order valence-electron chi connectivity index (χ4n) is 4.23. The van der Waals surface area contributed by atoms with E-state index in [1.165, 1.54) is 12.1 Å². The molecule has 4 heterocycles. The van der Waals surface area contributed by atoms with Crippen LogP contribution in [0.3, 0.4) is 0 Å². The first-order valence-corrected chi connectivity index (χ1v) is 11.7. The number of fused-ring (bicyclic) bond motifs is 1. The van der Waals surface area contributed by atoms with E-state index in [1.807, 2.05) is 6.07 Å². The molecule has 5 rings (SSSR count). The van der Waals surface area contributed by atoms with E-state index in [4.69, 9.17) is 43.1 Å². The van der Waals surface area contributed by atoms with Gasteiger partial charge < -0.3 is 25.3 Å². The molecule has 1 fully saturated rings. The molecule has 34 heavy (non-hydrogen) atoms. The summed E-state index contributed by atoms with van der Waals surface area (Å²) in [7, 11) is 0. The van der Waals surface area contributed by atoms with Crippen LogP contribution in [0.2, 0.25) is 10.0 Å². The maximum atomic E-state index is 14.0. The average molecular weight is 505 g/mol. The quantitative estimate of drug-likeness (QED) is 0.471. The fourth-order valence-corrected chi connectivity index (χ4v) is 4.91. The Morgan fingerprint density at radius 1 is 1.15 bits per heavy atom. The van der Waals surface area contributed by atoms with Crippen LogP contribution in [0.1, 0.15) is 31.4 Å². The van der Waals surface area contributed by atoms with Crippen LogP contribution in [-0.2, 0) is 0 Å². The molecular formula is C24H23Cl2FN4O3. The van der Waals surface area contributed by atoms with Crippen molar-refractivity contribution in [2.24, 2.45) is 0 Å². The summed E-state index contributed by atoms with van der Waals surface area (Å²) < 4.78 is 32.3. The zero-order chi connectivity index (χ0) is 23.9. The topological polar surface area (TPSA) is 91.5 Å². The predicted octanol–water partition coefficient (Wildman–Crippen LogP) is 5.21. The highest BCUT2D eigenvalue weighted by atomic mass is 35.5. The van der Waals surface area contributed by atoms with Crippen LogP contribution in [0.4, 0.5) is 10.2 Å². The normalized spacial score (nSPS) is 17.4. The summed E-state index contributed by atoms with van der Waals surface area (Å²) in [5.74, 6) is 0.975. The number of hydrogen-bond donors (Lipinski definition) is 2. The van der Waals surface area contributed by atoms with E-state index < -0.39 is 11.9 Å². The Hall–Kier alpha value is -2.81. The van der Waals surface area contributed by atoms with Crippen molar-refractivity contribution >= 4 is 29.0 Å². The summed E-state index contributed by atoms with van der Waals surface area (Å²) in [4.78, 5) is 8.69. The molecule has 0 unspecified atom stereocenters. The van der Waals surface area contributed by atoms with Crippen LogP contribution < -0.4 is 25.3 Å². The molecule has 3 N–H and O–H groups in total. The van der Waals surface area contributed by atoms with Gasteiger partial charge in [-0.1, -0.05) is 23.2 Å². The molecule has 2 aliphatic heterocycles. The molecule has 2 aliphatic rings. The Balaban J connectivity index is 1.42. The van der Waals surface area contributed by atoms with Gasteiger partial charge in [0.1, 0.15) is 24.1 Å². The monoisotopic (exact) mass is 504 g/mol. The van der Waals surface area contributed by atoms with Gasteiger partial charge in [0, 0.05) is 46.9 Å². The van der Waals surface area contributed by atoms with Crippen LogP contribution in [0.25, 0.3) is 11.1 Å². The number of nitrogens with two attached hydrogens (primary N) is 1. The Kier molecular flexibility index (Phi) is 6.14. The van der Waals surface area contributed by atoms with Crippen molar-refractivity contribution in [2.45, 2.75) is 31.5 Å². The highest BCUT2D eigenvalue weighted by Gasteiger charge is 2.39. The van der Waals surface area contributed by atoms with Crippen molar-refractivity contribution in [1.82, 2.24) is 15.3 Å². The van der Waals surface area contributed by atoms with Crippen molar-refractivity contribution in [3.8, 4) is 28.5 Å². The third kappa shape index (κ3) is 4.33. The lowest BCUT2D eigenvalue weighted by molar-refractivity contribution is -0.0327. The molecule has 178 valence electrons. The van der Waals surface area contributed by atoms with E-state index in [1.54, 1.807) is 25.4 Å². The largest absolute Gasteiger partial charge is 0.482 e. The molecule has 0 radical (unpaired) electrons. The molecule has 1 saturated heterocycles. The zero-order valence-corrected chi connectivity index (χ0v) is 19.9. The minimum atomic E-state index is -0.673. The van der Waals surface area contributed by atoms with Gasteiger partial charge in [0.2, 0.25) is 0 Å². The van der Waals surface area contributed by atoms with E-state index in [0.29, 0.717) is 34.6 Å². The SMILES string of the molecule is C[C@@H](Oc1cc(-c2cnc3c(c2)OC2(CCNCC2)CO3)cnc1N)c1c(Cl)ccc(F)c1Cl. The molecule has 0 amide bonds. The lowest BCUT2D eigenvalue weighted by Gasteiger charge is -2.40. The van der Waals surface area contributed by atoms with E-state index in [-0.39, 0.29) is 16.4 Å². The number of aromatic nitrogens is 2. The van der Waals surface area contributed by atoms with E-state index in [2.05, 4.69) is 15.3 Å². The summed E-state index contributed by atoms with van der Waals surface area (Å²) >= 11 is 12.4. The molecule has 1 atom stereocenters. The first kappa shape index (κ1) is 23.0. The number of nitrogens with zero attached hydrogens (tertiary/aromatic N) is 2. The van der Waals surface area contributed by atoms with Crippen molar-refractivity contribution < 1.29 is 18.6 Å². The molecule has 0 bridgehead atoms. The fraction of sp³-hybridized carbons (Fsp3) is 0.333. The third-order valence-corrected chi connectivity index (χ3v) is 6.85.